The molecular formula is C18H22O2. The smallest absolute Gasteiger partial charge is 0.0816 e. The molecule has 0 spiro atoms. The third-order valence-corrected chi connectivity index (χ3v) is 3.68. The summed E-state index contributed by atoms with van der Waals surface area (Å²) in [4.78, 5) is 0. The van der Waals surface area contributed by atoms with Crippen LogP contribution in [0.15, 0.2) is 54.6 Å². The minimum atomic E-state index is -0.435. The summed E-state index contributed by atoms with van der Waals surface area (Å²) in [6.45, 7) is 2.73. The van der Waals surface area contributed by atoms with Crippen molar-refractivity contribution < 1.29 is 9.84 Å². The minimum Gasteiger partial charge on any atom is -0.388 e. The Morgan fingerprint density at radius 1 is 0.950 bits per heavy atom. The lowest BCUT2D eigenvalue weighted by Crippen LogP contribution is -2.11. The molecule has 20 heavy (non-hydrogen) atoms. The predicted octanol–water partition coefficient (Wildman–Crippen LogP) is 4.06. The molecule has 2 heteroatoms. The number of benzene rings is 2. The number of aliphatic hydroxyl groups is 1. The van der Waals surface area contributed by atoms with Gasteiger partial charge < -0.3 is 9.84 Å². The van der Waals surface area contributed by atoms with Gasteiger partial charge in [0, 0.05) is 13.7 Å². The van der Waals surface area contributed by atoms with Gasteiger partial charge in [0.15, 0.2) is 0 Å². The Morgan fingerprint density at radius 2 is 1.55 bits per heavy atom. The van der Waals surface area contributed by atoms with Crippen LogP contribution in [0.1, 0.15) is 25.0 Å². The van der Waals surface area contributed by atoms with Crippen molar-refractivity contribution in [3.63, 3.8) is 0 Å². The average Bonchev–Trinajstić information content (AvgIpc) is 2.53. The summed E-state index contributed by atoms with van der Waals surface area (Å²) in [5, 5.41) is 10.3. The molecule has 0 aromatic heterocycles. The van der Waals surface area contributed by atoms with Crippen LogP contribution < -0.4 is 0 Å². The van der Waals surface area contributed by atoms with E-state index in [4.69, 9.17) is 4.74 Å². The van der Waals surface area contributed by atoms with Gasteiger partial charge in [-0.15, -0.1) is 0 Å². The number of methoxy groups -OCH3 is 1. The molecule has 106 valence electrons. The van der Waals surface area contributed by atoms with Gasteiger partial charge in [0.05, 0.1) is 6.10 Å². The second-order valence-electron chi connectivity index (χ2n) is 5.19. The Kier molecular flexibility index (Phi) is 5.33. The van der Waals surface area contributed by atoms with E-state index < -0.39 is 6.10 Å². The van der Waals surface area contributed by atoms with E-state index in [1.54, 1.807) is 7.11 Å². The highest BCUT2D eigenvalue weighted by Crippen LogP contribution is 2.27. The monoisotopic (exact) mass is 270 g/mol. The third kappa shape index (κ3) is 3.69. The SMILES string of the molecule is COCCC(C)C(O)c1ccc(-c2ccccc2)cc1. The fourth-order valence-electron chi connectivity index (χ4n) is 2.29. The lowest BCUT2D eigenvalue weighted by molar-refractivity contribution is 0.0886. The summed E-state index contributed by atoms with van der Waals surface area (Å²) >= 11 is 0. The van der Waals surface area contributed by atoms with E-state index in [0.717, 1.165) is 12.0 Å². The minimum absolute atomic E-state index is 0.192. The molecule has 2 aromatic rings. The van der Waals surface area contributed by atoms with Gasteiger partial charge in [0.2, 0.25) is 0 Å². The van der Waals surface area contributed by atoms with E-state index in [1.807, 2.05) is 30.3 Å². The van der Waals surface area contributed by atoms with Crippen molar-refractivity contribution in [2.24, 2.45) is 5.92 Å². The normalized spacial score (nSPS) is 13.9. The van der Waals surface area contributed by atoms with Gasteiger partial charge in [0.25, 0.3) is 0 Å². The van der Waals surface area contributed by atoms with E-state index in [0.29, 0.717) is 6.61 Å². The van der Waals surface area contributed by atoms with Gasteiger partial charge in [0.1, 0.15) is 0 Å². The molecule has 2 aromatic carbocycles. The molecule has 0 aliphatic carbocycles. The van der Waals surface area contributed by atoms with Crippen molar-refractivity contribution in [3.8, 4) is 11.1 Å². The first-order valence-corrected chi connectivity index (χ1v) is 7.04. The molecular weight excluding hydrogens is 248 g/mol. The number of hydrogen-bond acceptors (Lipinski definition) is 2. The van der Waals surface area contributed by atoms with Crippen LogP contribution in [0.2, 0.25) is 0 Å². The lowest BCUT2D eigenvalue weighted by atomic mass is 9.93. The summed E-state index contributed by atoms with van der Waals surface area (Å²) in [6, 6.07) is 18.4. The highest BCUT2D eigenvalue weighted by Gasteiger charge is 2.16. The molecule has 2 unspecified atom stereocenters. The lowest BCUT2D eigenvalue weighted by Gasteiger charge is -2.19. The van der Waals surface area contributed by atoms with E-state index >= 15 is 0 Å². The maximum Gasteiger partial charge on any atom is 0.0816 e. The largest absolute Gasteiger partial charge is 0.388 e. The van der Waals surface area contributed by atoms with Gasteiger partial charge in [-0.25, -0.2) is 0 Å². The molecule has 0 aliphatic rings. The molecule has 0 radical (unpaired) electrons. The second kappa shape index (κ2) is 7.22. The van der Waals surface area contributed by atoms with E-state index in [1.165, 1.54) is 11.1 Å². The maximum absolute atomic E-state index is 10.3. The first-order chi connectivity index (χ1) is 9.72. The number of rotatable bonds is 6. The van der Waals surface area contributed by atoms with Gasteiger partial charge in [-0.1, -0.05) is 61.5 Å². The number of hydrogen-bond donors (Lipinski definition) is 1. The molecule has 0 fully saturated rings. The summed E-state index contributed by atoms with van der Waals surface area (Å²) < 4.78 is 5.06. The Morgan fingerprint density at radius 3 is 2.15 bits per heavy atom. The average molecular weight is 270 g/mol. The van der Waals surface area contributed by atoms with Gasteiger partial charge in [-0.3, -0.25) is 0 Å². The van der Waals surface area contributed by atoms with E-state index in [2.05, 4.69) is 31.2 Å². The third-order valence-electron chi connectivity index (χ3n) is 3.68. The van der Waals surface area contributed by atoms with Crippen LogP contribution in [-0.2, 0) is 4.74 Å². The molecule has 2 nitrogen and oxygen atoms in total. The van der Waals surface area contributed by atoms with Crippen LogP contribution in [0.25, 0.3) is 11.1 Å². The van der Waals surface area contributed by atoms with Crippen molar-refractivity contribution in [1.29, 1.82) is 0 Å². The zero-order valence-corrected chi connectivity index (χ0v) is 12.1. The quantitative estimate of drug-likeness (QED) is 0.857. The van der Waals surface area contributed by atoms with Crippen molar-refractivity contribution in [2.75, 3.05) is 13.7 Å². The van der Waals surface area contributed by atoms with Crippen molar-refractivity contribution in [1.82, 2.24) is 0 Å². The van der Waals surface area contributed by atoms with Gasteiger partial charge in [-0.2, -0.15) is 0 Å². The van der Waals surface area contributed by atoms with Crippen LogP contribution in [0.3, 0.4) is 0 Å². The fraction of sp³-hybridized carbons (Fsp3) is 0.333. The topological polar surface area (TPSA) is 29.5 Å². The molecule has 0 heterocycles. The van der Waals surface area contributed by atoms with Gasteiger partial charge >= 0.3 is 0 Å². The molecule has 2 atom stereocenters. The van der Waals surface area contributed by atoms with Crippen LogP contribution >= 0.6 is 0 Å². The summed E-state index contributed by atoms with van der Waals surface area (Å²) in [7, 11) is 1.69. The van der Waals surface area contributed by atoms with Crippen LogP contribution in [0, 0.1) is 5.92 Å². The first-order valence-electron chi connectivity index (χ1n) is 7.04. The highest BCUT2D eigenvalue weighted by molar-refractivity contribution is 5.63. The maximum atomic E-state index is 10.3. The standard InChI is InChI=1S/C18H22O2/c1-14(12-13-20-2)18(19)17-10-8-16(9-11-17)15-6-4-3-5-7-15/h3-11,14,18-19H,12-13H2,1-2H3. The van der Waals surface area contributed by atoms with Crippen molar-refractivity contribution in [2.45, 2.75) is 19.4 Å². The van der Waals surface area contributed by atoms with Gasteiger partial charge in [-0.05, 0) is 29.0 Å². The van der Waals surface area contributed by atoms with Crippen LogP contribution in [0.5, 0.6) is 0 Å². The zero-order valence-electron chi connectivity index (χ0n) is 12.1. The molecule has 0 saturated heterocycles. The highest BCUT2D eigenvalue weighted by atomic mass is 16.5. The molecule has 1 N–H and O–H groups in total. The van der Waals surface area contributed by atoms with Crippen molar-refractivity contribution >= 4 is 0 Å². The Hall–Kier alpha value is -1.64. The molecule has 0 aliphatic heterocycles. The molecule has 0 bridgehead atoms. The molecule has 0 saturated carbocycles. The zero-order chi connectivity index (χ0) is 14.4. The Balaban J connectivity index is 2.08. The second-order valence-corrected chi connectivity index (χ2v) is 5.19. The number of aliphatic hydroxyl groups excluding tert-OH is 1. The first kappa shape index (κ1) is 14.8. The Bertz CT molecular complexity index is 505. The summed E-state index contributed by atoms with van der Waals surface area (Å²) in [6.07, 6.45) is 0.424. The van der Waals surface area contributed by atoms with E-state index in [9.17, 15) is 5.11 Å². The number of ether oxygens (including phenoxy) is 1. The fourth-order valence-corrected chi connectivity index (χ4v) is 2.29. The Labute approximate surface area is 121 Å². The van der Waals surface area contributed by atoms with E-state index in [-0.39, 0.29) is 5.92 Å². The molecule has 2 rings (SSSR count). The molecule has 0 amide bonds. The summed E-state index contributed by atoms with van der Waals surface area (Å²) in [5.41, 5.74) is 3.33. The van der Waals surface area contributed by atoms with Crippen LogP contribution in [-0.4, -0.2) is 18.8 Å². The van der Waals surface area contributed by atoms with Crippen LogP contribution in [0.4, 0.5) is 0 Å². The predicted molar refractivity (Wildman–Crippen MR) is 82.5 cm³/mol. The summed E-state index contributed by atoms with van der Waals surface area (Å²) in [5.74, 6) is 0.192. The van der Waals surface area contributed by atoms with Crippen molar-refractivity contribution in [3.05, 3.63) is 60.2 Å².